The molecule has 9 heteroatoms. The average molecular weight is 492 g/mol. The number of likely N-dealkylation sites (tertiary alicyclic amines) is 1. The molecule has 0 bridgehead atoms. The summed E-state index contributed by atoms with van der Waals surface area (Å²) >= 11 is 1.39. The van der Waals surface area contributed by atoms with Gasteiger partial charge in [-0.15, -0.1) is 0 Å². The molecule has 2 rings (SSSR count). The van der Waals surface area contributed by atoms with Gasteiger partial charge in [0.15, 0.2) is 0 Å². The van der Waals surface area contributed by atoms with Crippen molar-refractivity contribution in [2.24, 2.45) is 11.8 Å². The number of carbonyl (C=O) groups excluding carboxylic acids is 2. The summed E-state index contributed by atoms with van der Waals surface area (Å²) in [6, 6.07) is -0.474. The zero-order valence-electron chi connectivity index (χ0n) is 17.7. The van der Waals surface area contributed by atoms with E-state index in [9.17, 15) is 24.2 Å². The van der Waals surface area contributed by atoms with Gasteiger partial charge in [-0.1, -0.05) is 19.3 Å². The van der Waals surface area contributed by atoms with Crippen molar-refractivity contribution in [1.82, 2.24) is 10.2 Å². The van der Waals surface area contributed by atoms with Crippen molar-refractivity contribution in [3.8, 4) is 0 Å². The fourth-order valence-corrected chi connectivity index (χ4v) is 6.14. The van der Waals surface area contributed by atoms with Gasteiger partial charge >= 0.3 is 164 Å². The molecule has 1 aliphatic carbocycles. The van der Waals surface area contributed by atoms with Gasteiger partial charge in [0, 0.05) is 0 Å². The van der Waals surface area contributed by atoms with Gasteiger partial charge in [0.05, 0.1) is 0 Å². The number of amides is 2. The summed E-state index contributed by atoms with van der Waals surface area (Å²) in [5, 5.41) is 13.2. The average Bonchev–Trinajstić information content (AvgIpc) is 3.19. The van der Waals surface area contributed by atoms with E-state index in [1.165, 1.54) is 23.3 Å². The van der Waals surface area contributed by atoms with E-state index in [4.69, 9.17) is 0 Å². The molecule has 0 aromatic heterocycles. The molecule has 0 aromatic carbocycles. The van der Waals surface area contributed by atoms with Crippen LogP contribution in [0.15, 0.2) is 0 Å². The fraction of sp³-hybridized carbons (Fsp3) is 0.900. The molecule has 6 atom stereocenters. The third-order valence-corrected chi connectivity index (χ3v) is 9.97. The van der Waals surface area contributed by atoms with Crippen molar-refractivity contribution < 1.29 is 24.2 Å². The maximum atomic E-state index is 12.7. The Balaban J connectivity index is 1.86. The van der Waals surface area contributed by atoms with Gasteiger partial charge in [0.1, 0.15) is 0 Å². The first-order valence-corrected chi connectivity index (χ1v) is 13.8. The molecule has 0 aromatic rings. The molecule has 7 nitrogen and oxygen atoms in total. The number of rotatable bonds is 9. The Bertz CT molecular complexity index is 585. The molecule has 3 unspecified atom stereocenters. The SMILES string of the molecule is CC(C)[C@H]([AsH2])C(=O)N1CCC[C@H]1C(=O)NC[C@H](O)CC(C1CCCCC1)[PH](=O)O. The molecule has 168 valence electrons. The standard InChI is InChI=1S/C20H38AsN2O5P/c1-13(2)18(21)20(26)23-10-6-9-16(23)19(25)22-12-15(24)11-17(29(27)28)14-7-4-3-5-8-14/h13-18,24,29H,3-12,21H2,1-2H3,(H,22,25)(H,27,28)/t15-,16+,17?,18+/m1/s1. The molecule has 1 saturated carbocycles. The van der Waals surface area contributed by atoms with Gasteiger partial charge in [-0.25, -0.2) is 0 Å². The Morgan fingerprint density at radius 1 is 1.17 bits per heavy atom. The van der Waals surface area contributed by atoms with Crippen molar-refractivity contribution in [2.45, 2.75) is 87.7 Å². The van der Waals surface area contributed by atoms with E-state index in [0.29, 0.717) is 13.0 Å². The van der Waals surface area contributed by atoms with E-state index in [1.807, 2.05) is 13.8 Å². The molecular weight excluding hydrogens is 454 g/mol. The predicted molar refractivity (Wildman–Crippen MR) is 117 cm³/mol. The molecule has 1 heterocycles. The van der Waals surface area contributed by atoms with Gasteiger partial charge in [-0.3, -0.25) is 0 Å². The first kappa shape index (κ1) is 24.9. The Hall–Kier alpha value is -0.352. The summed E-state index contributed by atoms with van der Waals surface area (Å²) in [5.74, 6) is 0.235. The van der Waals surface area contributed by atoms with Gasteiger partial charge < -0.3 is 0 Å². The second-order valence-corrected chi connectivity index (χ2v) is 11.9. The van der Waals surface area contributed by atoms with Crippen LogP contribution >= 0.6 is 8.03 Å². The van der Waals surface area contributed by atoms with E-state index in [-0.39, 0.29) is 47.0 Å². The Morgan fingerprint density at radius 3 is 2.41 bits per heavy atom. The van der Waals surface area contributed by atoms with Crippen LogP contribution in [-0.2, 0) is 14.2 Å². The second-order valence-electron chi connectivity index (χ2n) is 8.94. The van der Waals surface area contributed by atoms with Gasteiger partial charge in [-0.05, 0) is 0 Å². The van der Waals surface area contributed by atoms with E-state index in [2.05, 4.69) is 5.32 Å². The summed E-state index contributed by atoms with van der Waals surface area (Å²) in [6.07, 6.45) is 6.03. The van der Waals surface area contributed by atoms with Crippen molar-refractivity contribution in [3.63, 3.8) is 0 Å². The molecule has 0 spiro atoms. The fourth-order valence-electron chi connectivity index (χ4n) is 4.52. The third kappa shape index (κ3) is 7.09. The van der Waals surface area contributed by atoms with Crippen LogP contribution in [0.5, 0.6) is 0 Å². The topological polar surface area (TPSA) is 107 Å². The maximum absolute atomic E-state index is 12.7. The molecule has 2 fully saturated rings. The summed E-state index contributed by atoms with van der Waals surface area (Å²) in [5.41, 5.74) is -0.383. The minimum atomic E-state index is -2.73. The molecule has 2 aliphatic rings. The van der Waals surface area contributed by atoms with Crippen LogP contribution in [0, 0.1) is 11.8 Å². The van der Waals surface area contributed by atoms with Crippen LogP contribution in [0.25, 0.3) is 0 Å². The number of nitrogens with zero attached hydrogens (tertiary/aromatic N) is 1. The van der Waals surface area contributed by atoms with Crippen molar-refractivity contribution >= 4 is 36.7 Å². The van der Waals surface area contributed by atoms with Gasteiger partial charge in [0.25, 0.3) is 0 Å². The van der Waals surface area contributed by atoms with Gasteiger partial charge in [-0.2, -0.15) is 0 Å². The number of aliphatic hydroxyl groups is 1. The molecule has 3 N–H and O–H groups in total. The first-order chi connectivity index (χ1) is 13.7. The number of hydrogen-bond acceptors (Lipinski definition) is 4. The Labute approximate surface area is 183 Å². The Kier molecular flexibility index (Phi) is 10.2. The predicted octanol–water partition coefficient (Wildman–Crippen LogP) is 1.34. The number of carbonyl (C=O) groups is 2. The van der Waals surface area contributed by atoms with E-state index >= 15 is 0 Å². The summed E-state index contributed by atoms with van der Waals surface area (Å²) in [6.45, 7) is 4.69. The Morgan fingerprint density at radius 2 is 1.83 bits per heavy atom. The number of aliphatic hydroxyl groups excluding tert-OH is 1. The molecule has 2 amide bonds. The second kappa shape index (κ2) is 11.9. The zero-order chi connectivity index (χ0) is 21.6. The summed E-state index contributed by atoms with van der Waals surface area (Å²) in [4.78, 5) is 36.8. The quantitative estimate of drug-likeness (QED) is 0.333. The molecule has 1 aliphatic heterocycles. The van der Waals surface area contributed by atoms with Crippen molar-refractivity contribution in [2.75, 3.05) is 13.1 Å². The van der Waals surface area contributed by atoms with Crippen LogP contribution in [0.4, 0.5) is 0 Å². The molecule has 1 saturated heterocycles. The summed E-state index contributed by atoms with van der Waals surface area (Å²) in [7, 11) is -2.73. The van der Waals surface area contributed by atoms with E-state index in [1.54, 1.807) is 4.90 Å². The van der Waals surface area contributed by atoms with E-state index in [0.717, 1.165) is 32.1 Å². The van der Waals surface area contributed by atoms with Crippen molar-refractivity contribution in [1.29, 1.82) is 0 Å². The minimum absolute atomic E-state index is 0.0365. The molecule has 29 heavy (non-hydrogen) atoms. The number of nitrogens with one attached hydrogen (secondary N) is 1. The van der Waals surface area contributed by atoms with Crippen LogP contribution in [0.2, 0.25) is 4.71 Å². The van der Waals surface area contributed by atoms with Crippen LogP contribution < -0.4 is 5.32 Å². The summed E-state index contributed by atoms with van der Waals surface area (Å²) < 4.78 is 11.8. The third-order valence-electron chi connectivity index (χ3n) is 6.42. The molecular formula is C20H38AsN2O5P. The molecule has 0 radical (unpaired) electrons. The van der Waals surface area contributed by atoms with Gasteiger partial charge in [0.2, 0.25) is 0 Å². The van der Waals surface area contributed by atoms with Crippen molar-refractivity contribution in [3.05, 3.63) is 0 Å². The monoisotopic (exact) mass is 492 g/mol. The number of hydrogen-bond donors (Lipinski definition) is 3. The first-order valence-electron chi connectivity index (χ1n) is 11.0. The van der Waals surface area contributed by atoms with Crippen LogP contribution in [0.3, 0.4) is 0 Å². The zero-order valence-corrected chi connectivity index (χ0v) is 21.1. The van der Waals surface area contributed by atoms with Crippen LogP contribution in [0.1, 0.15) is 65.2 Å². The van der Waals surface area contributed by atoms with Crippen LogP contribution in [-0.4, -0.2) is 74.5 Å². The normalized spacial score (nSPS) is 24.9. The van der Waals surface area contributed by atoms with E-state index < -0.39 is 20.2 Å².